The Kier molecular flexibility index (Phi) is 6.07. The lowest BCUT2D eigenvalue weighted by atomic mass is 10.0. The van der Waals surface area contributed by atoms with Crippen molar-refractivity contribution in [2.75, 3.05) is 6.61 Å². The van der Waals surface area contributed by atoms with Crippen molar-refractivity contribution in [2.24, 2.45) is 5.73 Å². The minimum Gasteiger partial charge on any atom is -0.489 e. The molecule has 2 nitrogen and oxygen atoms in total. The van der Waals surface area contributed by atoms with Crippen LogP contribution in [0.1, 0.15) is 31.4 Å². The molecule has 0 fully saturated rings. The van der Waals surface area contributed by atoms with E-state index in [1.807, 2.05) is 6.92 Å². The number of benzene rings is 1. The Morgan fingerprint density at radius 2 is 2.05 bits per heavy atom. The second-order valence-corrected chi connectivity index (χ2v) is 4.58. The summed E-state index contributed by atoms with van der Waals surface area (Å²) in [5.41, 5.74) is 5.61. The molecular formula is C15H20F3NO. The van der Waals surface area contributed by atoms with E-state index in [2.05, 4.69) is 0 Å². The first kappa shape index (κ1) is 16.6. The number of rotatable bonds is 6. The third-order valence-electron chi connectivity index (χ3n) is 2.94. The molecule has 0 heterocycles. The number of allylic oxidation sites excluding steroid dienone is 1. The lowest BCUT2D eigenvalue weighted by molar-refractivity contribution is -0.138. The number of alkyl halides is 3. The van der Waals surface area contributed by atoms with Gasteiger partial charge in [-0.05, 0) is 37.5 Å². The fourth-order valence-electron chi connectivity index (χ4n) is 1.73. The van der Waals surface area contributed by atoms with Gasteiger partial charge in [0.2, 0.25) is 0 Å². The molecule has 1 aromatic rings. The topological polar surface area (TPSA) is 35.2 Å². The SMILES string of the molecule is CC=CCOc1ccc(CC(N)CC)cc1C(F)(F)F. The second kappa shape index (κ2) is 7.33. The molecule has 0 radical (unpaired) electrons. The molecule has 0 aliphatic heterocycles. The maximum atomic E-state index is 13.0. The van der Waals surface area contributed by atoms with Gasteiger partial charge in [0, 0.05) is 6.04 Å². The molecule has 2 N–H and O–H groups in total. The summed E-state index contributed by atoms with van der Waals surface area (Å²) in [5, 5.41) is 0. The summed E-state index contributed by atoms with van der Waals surface area (Å²) in [5.74, 6) is -0.149. The predicted molar refractivity (Wildman–Crippen MR) is 73.7 cm³/mol. The molecule has 1 aromatic carbocycles. The third-order valence-corrected chi connectivity index (χ3v) is 2.94. The van der Waals surface area contributed by atoms with Crippen molar-refractivity contribution < 1.29 is 17.9 Å². The van der Waals surface area contributed by atoms with Gasteiger partial charge < -0.3 is 10.5 Å². The maximum absolute atomic E-state index is 13.0. The van der Waals surface area contributed by atoms with Crippen LogP contribution in [0.3, 0.4) is 0 Å². The van der Waals surface area contributed by atoms with E-state index >= 15 is 0 Å². The minimum atomic E-state index is -4.43. The molecule has 0 bridgehead atoms. The molecule has 0 saturated heterocycles. The molecule has 0 aliphatic rings. The lowest BCUT2D eigenvalue weighted by Crippen LogP contribution is -2.21. The summed E-state index contributed by atoms with van der Waals surface area (Å²) in [4.78, 5) is 0. The molecule has 5 heteroatoms. The van der Waals surface area contributed by atoms with Gasteiger partial charge >= 0.3 is 6.18 Å². The highest BCUT2D eigenvalue weighted by Gasteiger charge is 2.34. The second-order valence-electron chi connectivity index (χ2n) is 4.58. The van der Waals surface area contributed by atoms with Gasteiger partial charge in [0.1, 0.15) is 12.4 Å². The molecule has 1 rings (SSSR count). The van der Waals surface area contributed by atoms with Crippen LogP contribution in [0.25, 0.3) is 0 Å². The first-order valence-corrected chi connectivity index (χ1v) is 6.58. The number of hydrogen-bond acceptors (Lipinski definition) is 2. The largest absolute Gasteiger partial charge is 0.489 e. The number of ether oxygens (including phenoxy) is 1. The Bertz CT molecular complexity index is 455. The summed E-state index contributed by atoms with van der Waals surface area (Å²) in [7, 11) is 0. The van der Waals surface area contributed by atoms with E-state index in [1.54, 1.807) is 25.1 Å². The van der Waals surface area contributed by atoms with Crippen LogP contribution in [0.2, 0.25) is 0 Å². The molecular weight excluding hydrogens is 267 g/mol. The summed E-state index contributed by atoms with van der Waals surface area (Å²) in [6.07, 6.45) is 0.0934. The Morgan fingerprint density at radius 3 is 2.60 bits per heavy atom. The van der Waals surface area contributed by atoms with Gasteiger partial charge in [-0.3, -0.25) is 0 Å². The van der Waals surface area contributed by atoms with Crippen molar-refractivity contribution in [3.05, 3.63) is 41.5 Å². The summed E-state index contributed by atoms with van der Waals surface area (Å²) in [6.45, 7) is 3.81. The Balaban J connectivity index is 3.00. The fraction of sp³-hybridized carbons (Fsp3) is 0.467. The van der Waals surface area contributed by atoms with Gasteiger partial charge in [-0.1, -0.05) is 25.1 Å². The highest BCUT2D eigenvalue weighted by Crippen LogP contribution is 2.37. The fourth-order valence-corrected chi connectivity index (χ4v) is 1.73. The molecule has 0 amide bonds. The monoisotopic (exact) mass is 287 g/mol. The van der Waals surface area contributed by atoms with Crippen molar-refractivity contribution >= 4 is 0 Å². The van der Waals surface area contributed by atoms with Crippen LogP contribution in [0.15, 0.2) is 30.4 Å². The smallest absolute Gasteiger partial charge is 0.419 e. The standard InChI is InChI=1S/C15H20F3NO/c1-3-5-8-20-14-7-6-11(9-12(19)4-2)10-13(14)15(16,17)18/h3,5-7,10,12H,4,8-9,19H2,1-2H3. The van der Waals surface area contributed by atoms with Crippen molar-refractivity contribution in [1.82, 2.24) is 0 Å². The average molecular weight is 287 g/mol. The molecule has 0 spiro atoms. The molecule has 20 heavy (non-hydrogen) atoms. The Labute approximate surface area is 117 Å². The van der Waals surface area contributed by atoms with Crippen LogP contribution in [-0.2, 0) is 12.6 Å². The third kappa shape index (κ3) is 4.89. The number of nitrogens with two attached hydrogens (primary N) is 1. The van der Waals surface area contributed by atoms with Gasteiger partial charge in [0.05, 0.1) is 5.56 Å². The van der Waals surface area contributed by atoms with E-state index in [4.69, 9.17) is 10.5 Å². The van der Waals surface area contributed by atoms with Crippen molar-refractivity contribution in [3.8, 4) is 5.75 Å². The van der Waals surface area contributed by atoms with E-state index in [0.29, 0.717) is 12.0 Å². The van der Waals surface area contributed by atoms with E-state index < -0.39 is 11.7 Å². The molecule has 112 valence electrons. The normalized spacial score (nSPS) is 13.7. The molecule has 1 atom stereocenters. The average Bonchev–Trinajstić information content (AvgIpc) is 2.39. The zero-order valence-electron chi connectivity index (χ0n) is 11.7. The van der Waals surface area contributed by atoms with Gasteiger partial charge in [-0.15, -0.1) is 0 Å². The quantitative estimate of drug-likeness (QED) is 0.804. The number of halogens is 3. The van der Waals surface area contributed by atoms with Crippen LogP contribution in [0.4, 0.5) is 13.2 Å². The van der Waals surface area contributed by atoms with Crippen LogP contribution < -0.4 is 10.5 Å². The van der Waals surface area contributed by atoms with Crippen molar-refractivity contribution in [2.45, 2.75) is 38.9 Å². The van der Waals surface area contributed by atoms with Gasteiger partial charge in [-0.2, -0.15) is 13.2 Å². The summed E-state index contributed by atoms with van der Waals surface area (Å²) in [6, 6.07) is 3.99. The van der Waals surface area contributed by atoms with E-state index in [-0.39, 0.29) is 18.4 Å². The maximum Gasteiger partial charge on any atom is 0.419 e. The minimum absolute atomic E-state index is 0.118. The van der Waals surface area contributed by atoms with E-state index in [1.165, 1.54) is 6.07 Å². The van der Waals surface area contributed by atoms with Crippen LogP contribution in [-0.4, -0.2) is 12.6 Å². The Hall–Kier alpha value is -1.49. The van der Waals surface area contributed by atoms with Crippen LogP contribution >= 0.6 is 0 Å². The lowest BCUT2D eigenvalue weighted by Gasteiger charge is -2.16. The van der Waals surface area contributed by atoms with E-state index in [0.717, 1.165) is 12.5 Å². The van der Waals surface area contributed by atoms with Gasteiger partial charge in [-0.25, -0.2) is 0 Å². The first-order chi connectivity index (χ1) is 9.38. The predicted octanol–water partition coefficient (Wildman–Crippen LogP) is 3.94. The molecule has 1 unspecified atom stereocenters. The van der Waals surface area contributed by atoms with Crippen LogP contribution in [0, 0.1) is 0 Å². The Morgan fingerprint density at radius 1 is 1.35 bits per heavy atom. The molecule has 0 aromatic heterocycles. The van der Waals surface area contributed by atoms with E-state index in [9.17, 15) is 13.2 Å². The zero-order chi connectivity index (χ0) is 15.2. The highest BCUT2D eigenvalue weighted by atomic mass is 19.4. The van der Waals surface area contributed by atoms with Crippen molar-refractivity contribution in [1.29, 1.82) is 0 Å². The first-order valence-electron chi connectivity index (χ1n) is 6.58. The molecule has 0 aliphatic carbocycles. The van der Waals surface area contributed by atoms with Crippen LogP contribution in [0.5, 0.6) is 5.75 Å². The summed E-state index contributed by atoms with van der Waals surface area (Å²) < 4.78 is 44.2. The van der Waals surface area contributed by atoms with Gasteiger partial charge in [0.25, 0.3) is 0 Å². The number of hydrogen-bond donors (Lipinski definition) is 1. The van der Waals surface area contributed by atoms with Crippen molar-refractivity contribution in [3.63, 3.8) is 0 Å². The highest BCUT2D eigenvalue weighted by molar-refractivity contribution is 5.39. The molecule has 0 saturated carbocycles. The zero-order valence-corrected chi connectivity index (χ0v) is 11.7. The van der Waals surface area contributed by atoms with Gasteiger partial charge in [0.15, 0.2) is 0 Å². The summed E-state index contributed by atoms with van der Waals surface area (Å²) >= 11 is 0.